The van der Waals surface area contributed by atoms with Crippen molar-refractivity contribution in [2.45, 2.75) is 6.61 Å². The first-order valence-electron chi connectivity index (χ1n) is 5.62. The molecule has 0 aliphatic rings. The van der Waals surface area contributed by atoms with Crippen molar-refractivity contribution >= 4 is 21.4 Å². The summed E-state index contributed by atoms with van der Waals surface area (Å²) in [6, 6.07) is 14.0. The second kappa shape index (κ2) is 4.82. The number of hydrogen-bond donors (Lipinski definition) is 0. The molecule has 0 amide bonds. The van der Waals surface area contributed by atoms with Crippen molar-refractivity contribution in [3.63, 3.8) is 0 Å². The fraction of sp³-hybridized carbons (Fsp3) is 0.0714. The van der Waals surface area contributed by atoms with Gasteiger partial charge in [-0.05, 0) is 27.6 Å². The van der Waals surface area contributed by atoms with Gasteiger partial charge in [-0.1, -0.05) is 30.3 Å². The average molecular weight is 303 g/mol. The van der Waals surface area contributed by atoms with E-state index >= 15 is 0 Å². The molecule has 0 saturated heterocycles. The molecule has 4 heteroatoms. The van der Waals surface area contributed by atoms with Crippen LogP contribution in [0.5, 0.6) is 5.75 Å². The summed E-state index contributed by atoms with van der Waals surface area (Å²) >= 11 is 3.46. The zero-order valence-corrected chi connectivity index (χ0v) is 11.2. The van der Waals surface area contributed by atoms with Crippen molar-refractivity contribution in [2.75, 3.05) is 0 Å². The maximum Gasteiger partial charge on any atom is 0.123 e. The Kier molecular flexibility index (Phi) is 3.02. The molecule has 0 atom stereocenters. The molecule has 0 radical (unpaired) electrons. The summed E-state index contributed by atoms with van der Waals surface area (Å²) in [5.74, 6) is 0.840. The molecule has 0 spiro atoms. The van der Waals surface area contributed by atoms with Crippen LogP contribution >= 0.6 is 15.9 Å². The fourth-order valence-electron chi connectivity index (χ4n) is 1.76. The first-order valence-corrected chi connectivity index (χ1v) is 6.42. The summed E-state index contributed by atoms with van der Waals surface area (Å²) in [4.78, 5) is 0. The van der Waals surface area contributed by atoms with E-state index in [2.05, 4.69) is 21.0 Å². The van der Waals surface area contributed by atoms with Gasteiger partial charge in [-0.2, -0.15) is 5.10 Å². The second-order valence-electron chi connectivity index (χ2n) is 3.96. The normalized spacial score (nSPS) is 10.7. The van der Waals surface area contributed by atoms with E-state index < -0.39 is 0 Å². The highest BCUT2D eigenvalue weighted by atomic mass is 79.9. The van der Waals surface area contributed by atoms with Crippen LogP contribution in [0.1, 0.15) is 5.56 Å². The predicted octanol–water partition coefficient (Wildman–Crippen LogP) is 3.68. The zero-order chi connectivity index (χ0) is 12.4. The van der Waals surface area contributed by atoms with Crippen LogP contribution in [0.3, 0.4) is 0 Å². The first-order chi connectivity index (χ1) is 8.83. The second-order valence-corrected chi connectivity index (χ2v) is 4.81. The number of nitrogens with zero attached hydrogens (tertiary/aromatic N) is 2. The Labute approximate surface area is 113 Å². The molecule has 0 fully saturated rings. The quantitative estimate of drug-likeness (QED) is 0.738. The Hall–Kier alpha value is -1.81. The zero-order valence-electron chi connectivity index (χ0n) is 9.58. The van der Waals surface area contributed by atoms with Crippen LogP contribution < -0.4 is 4.74 Å². The monoisotopic (exact) mass is 302 g/mol. The van der Waals surface area contributed by atoms with Crippen molar-refractivity contribution in [2.24, 2.45) is 0 Å². The minimum absolute atomic E-state index is 0.572. The topological polar surface area (TPSA) is 26.5 Å². The summed E-state index contributed by atoms with van der Waals surface area (Å²) < 4.78 is 8.53. The van der Waals surface area contributed by atoms with Crippen molar-refractivity contribution in [3.8, 4) is 5.75 Å². The molecular formula is C14H11BrN2O. The van der Waals surface area contributed by atoms with E-state index in [1.807, 2.05) is 48.7 Å². The molecule has 0 aliphatic heterocycles. The summed E-state index contributed by atoms with van der Waals surface area (Å²) in [6.45, 7) is 0.572. The minimum Gasteiger partial charge on any atom is -0.489 e. The van der Waals surface area contributed by atoms with Crippen LogP contribution in [0.15, 0.2) is 59.3 Å². The molecule has 3 rings (SSSR count). The van der Waals surface area contributed by atoms with E-state index in [0.29, 0.717) is 6.61 Å². The lowest BCUT2D eigenvalue weighted by Crippen LogP contribution is -1.96. The van der Waals surface area contributed by atoms with Crippen molar-refractivity contribution in [1.82, 2.24) is 9.61 Å². The maximum atomic E-state index is 5.76. The molecule has 3 nitrogen and oxygen atoms in total. The third-order valence-corrected chi connectivity index (χ3v) is 3.31. The third kappa shape index (κ3) is 2.24. The predicted molar refractivity (Wildman–Crippen MR) is 73.7 cm³/mol. The number of hydrogen-bond acceptors (Lipinski definition) is 2. The number of ether oxygens (including phenoxy) is 1. The number of halogens is 1. The molecular weight excluding hydrogens is 292 g/mol. The van der Waals surface area contributed by atoms with Crippen molar-refractivity contribution in [3.05, 3.63) is 64.9 Å². The van der Waals surface area contributed by atoms with Crippen molar-refractivity contribution < 1.29 is 4.74 Å². The first kappa shape index (κ1) is 11.3. The standard InChI is InChI=1S/C14H11BrN2O/c15-13-9-16-17-7-6-12(8-14(13)17)18-10-11-4-2-1-3-5-11/h1-9H,10H2. The van der Waals surface area contributed by atoms with Gasteiger partial charge in [-0.15, -0.1) is 0 Å². The average Bonchev–Trinajstić information content (AvgIpc) is 2.79. The third-order valence-electron chi connectivity index (χ3n) is 2.69. The Bertz CT molecular complexity index is 664. The molecule has 0 aliphatic carbocycles. The molecule has 0 unspecified atom stereocenters. The van der Waals surface area contributed by atoms with Gasteiger partial charge < -0.3 is 4.74 Å². The van der Waals surface area contributed by atoms with Gasteiger partial charge in [-0.3, -0.25) is 0 Å². The van der Waals surface area contributed by atoms with Crippen LogP contribution in [0, 0.1) is 0 Å². The molecule has 2 aromatic heterocycles. The Morgan fingerprint density at radius 2 is 2.00 bits per heavy atom. The molecule has 3 aromatic rings. The summed E-state index contributed by atoms with van der Waals surface area (Å²) in [5.41, 5.74) is 2.16. The van der Waals surface area contributed by atoms with E-state index in [4.69, 9.17) is 4.74 Å². The highest BCUT2D eigenvalue weighted by molar-refractivity contribution is 9.10. The molecule has 0 bridgehead atoms. The maximum absolute atomic E-state index is 5.76. The van der Waals surface area contributed by atoms with Crippen LogP contribution in [0.25, 0.3) is 5.52 Å². The molecule has 0 N–H and O–H groups in total. The van der Waals surface area contributed by atoms with Crippen molar-refractivity contribution in [1.29, 1.82) is 0 Å². The summed E-state index contributed by atoms with van der Waals surface area (Å²) in [6.07, 6.45) is 3.66. The number of pyridine rings is 1. The fourth-order valence-corrected chi connectivity index (χ4v) is 2.15. The van der Waals surface area contributed by atoms with Gasteiger partial charge in [0.05, 0.1) is 16.2 Å². The number of benzene rings is 1. The van der Waals surface area contributed by atoms with Gasteiger partial charge in [-0.25, -0.2) is 4.52 Å². The minimum atomic E-state index is 0.572. The number of aromatic nitrogens is 2. The van der Waals surface area contributed by atoms with Gasteiger partial charge in [0.15, 0.2) is 0 Å². The van der Waals surface area contributed by atoms with Crippen LogP contribution in [-0.4, -0.2) is 9.61 Å². The van der Waals surface area contributed by atoms with E-state index in [1.165, 1.54) is 0 Å². The van der Waals surface area contributed by atoms with Gasteiger partial charge in [0, 0.05) is 12.3 Å². The van der Waals surface area contributed by atoms with Gasteiger partial charge in [0.2, 0.25) is 0 Å². The van der Waals surface area contributed by atoms with Gasteiger partial charge in [0.25, 0.3) is 0 Å². The lowest BCUT2D eigenvalue weighted by molar-refractivity contribution is 0.306. The summed E-state index contributed by atoms with van der Waals surface area (Å²) in [7, 11) is 0. The molecule has 1 aromatic carbocycles. The Morgan fingerprint density at radius 1 is 1.17 bits per heavy atom. The van der Waals surface area contributed by atoms with Gasteiger partial charge in [0.1, 0.15) is 12.4 Å². The Morgan fingerprint density at radius 3 is 2.83 bits per heavy atom. The highest BCUT2D eigenvalue weighted by Gasteiger charge is 2.03. The number of rotatable bonds is 3. The lowest BCUT2D eigenvalue weighted by atomic mass is 10.2. The summed E-state index contributed by atoms with van der Waals surface area (Å²) in [5, 5.41) is 4.19. The lowest BCUT2D eigenvalue weighted by Gasteiger charge is -2.06. The van der Waals surface area contributed by atoms with E-state index in [0.717, 1.165) is 21.3 Å². The largest absolute Gasteiger partial charge is 0.489 e. The Balaban J connectivity index is 1.80. The molecule has 0 saturated carbocycles. The SMILES string of the molecule is Brc1cnn2ccc(OCc3ccccc3)cc12. The van der Waals surface area contributed by atoms with Gasteiger partial charge >= 0.3 is 0 Å². The number of fused-ring (bicyclic) bond motifs is 1. The van der Waals surface area contributed by atoms with E-state index in [1.54, 1.807) is 10.7 Å². The highest BCUT2D eigenvalue weighted by Crippen LogP contribution is 2.22. The van der Waals surface area contributed by atoms with Crippen LogP contribution in [0.2, 0.25) is 0 Å². The van der Waals surface area contributed by atoms with E-state index in [9.17, 15) is 0 Å². The molecule has 2 heterocycles. The smallest absolute Gasteiger partial charge is 0.123 e. The van der Waals surface area contributed by atoms with Crippen LogP contribution in [0.4, 0.5) is 0 Å². The molecule has 18 heavy (non-hydrogen) atoms. The molecule has 90 valence electrons. The van der Waals surface area contributed by atoms with Crippen LogP contribution in [-0.2, 0) is 6.61 Å². The van der Waals surface area contributed by atoms with E-state index in [-0.39, 0.29) is 0 Å².